The standard InChI is InChI=1S/C12H11N7O2/c1-8-9(3-2-4-10(8)19(20)21)5-14-11-6-13-7-12-15-16-17-18(11)12/h2-4,6-7,14H,5H2,1H3. The number of nitro benzene ring substituents is 1. The van der Waals surface area contributed by atoms with E-state index in [-0.39, 0.29) is 10.6 Å². The minimum atomic E-state index is -0.386. The van der Waals surface area contributed by atoms with Gasteiger partial charge in [-0.2, -0.15) is 4.52 Å². The molecule has 0 saturated carbocycles. The van der Waals surface area contributed by atoms with Crippen molar-refractivity contribution in [2.75, 3.05) is 5.32 Å². The number of anilines is 1. The lowest BCUT2D eigenvalue weighted by Crippen LogP contribution is -2.07. The van der Waals surface area contributed by atoms with Crippen molar-refractivity contribution in [3.05, 3.63) is 51.8 Å². The molecule has 0 bridgehead atoms. The third-order valence-corrected chi connectivity index (χ3v) is 3.18. The maximum absolute atomic E-state index is 10.9. The number of nitro groups is 1. The van der Waals surface area contributed by atoms with E-state index in [1.807, 2.05) is 6.07 Å². The van der Waals surface area contributed by atoms with E-state index in [1.165, 1.54) is 10.6 Å². The molecule has 0 aliphatic carbocycles. The fraction of sp³-hybridized carbons (Fsp3) is 0.167. The zero-order valence-corrected chi connectivity index (χ0v) is 11.1. The van der Waals surface area contributed by atoms with Crippen LogP contribution in [0.2, 0.25) is 0 Å². The van der Waals surface area contributed by atoms with Crippen molar-refractivity contribution in [1.29, 1.82) is 0 Å². The topological polar surface area (TPSA) is 111 Å². The SMILES string of the molecule is Cc1c(CNc2cncc3nnnn23)cccc1[N+](=O)[O-]. The highest BCUT2D eigenvalue weighted by Gasteiger charge is 2.13. The average Bonchev–Trinajstić information content (AvgIpc) is 2.95. The Labute approximate surface area is 118 Å². The number of hydrogen-bond donors (Lipinski definition) is 1. The Morgan fingerprint density at radius 2 is 2.24 bits per heavy atom. The van der Waals surface area contributed by atoms with Gasteiger partial charge in [0, 0.05) is 18.2 Å². The van der Waals surface area contributed by atoms with Crippen molar-refractivity contribution in [2.45, 2.75) is 13.5 Å². The van der Waals surface area contributed by atoms with E-state index in [0.717, 1.165) is 5.56 Å². The molecule has 0 aliphatic rings. The quantitative estimate of drug-likeness (QED) is 0.568. The van der Waals surface area contributed by atoms with Gasteiger partial charge in [0.2, 0.25) is 0 Å². The van der Waals surface area contributed by atoms with Gasteiger partial charge < -0.3 is 5.32 Å². The van der Waals surface area contributed by atoms with E-state index in [9.17, 15) is 10.1 Å². The van der Waals surface area contributed by atoms with Crippen LogP contribution in [0.1, 0.15) is 11.1 Å². The molecule has 0 aliphatic heterocycles. The molecule has 106 valence electrons. The Balaban J connectivity index is 1.87. The second kappa shape index (κ2) is 5.12. The van der Waals surface area contributed by atoms with E-state index in [0.29, 0.717) is 23.6 Å². The number of tetrazole rings is 1. The van der Waals surface area contributed by atoms with Crippen LogP contribution in [0.4, 0.5) is 11.5 Å². The first-order valence-corrected chi connectivity index (χ1v) is 6.15. The van der Waals surface area contributed by atoms with Gasteiger partial charge in [-0.05, 0) is 22.9 Å². The van der Waals surface area contributed by atoms with Gasteiger partial charge in [0.1, 0.15) is 0 Å². The highest BCUT2D eigenvalue weighted by molar-refractivity contribution is 5.48. The summed E-state index contributed by atoms with van der Waals surface area (Å²) in [6.45, 7) is 2.14. The maximum Gasteiger partial charge on any atom is 0.272 e. The molecular weight excluding hydrogens is 274 g/mol. The molecule has 1 aromatic carbocycles. The molecule has 3 aromatic rings. The molecule has 21 heavy (non-hydrogen) atoms. The van der Waals surface area contributed by atoms with Gasteiger partial charge in [0.05, 0.1) is 17.3 Å². The number of fused-ring (bicyclic) bond motifs is 1. The van der Waals surface area contributed by atoms with Gasteiger partial charge in [0.25, 0.3) is 5.69 Å². The summed E-state index contributed by atoms with van der Waals surface area (Å²) >= 11 is 0. The summed E-state index contributed by atoms with van der Waals surface area (Å²) in [6, 6.07) is 4.99. The molecule has 3 rings (SSSR count). The first-order valence-electron chi connectivity index (χ1n) is 6.15. The van der Waals surface area contributed by atoms with Crippen LogP contribution in [-0.4, -0.2) is 29.9 Å². The first-order chi connectivity index (χ1) is 10.2. The summed E-state index contributed by atoms with van der Waals surface area (Å²) in [4.78, 5) is 14.6. The minimum absolute atomic E-state index is 0.105. The van der Waals surface area contributed by atoms with Gasteiger partial charge in [-0.1, -0.05) is 12.1 Å². The monoisotopic (exact) mass is 285 g/mol. The summed E-state index contributed by atoms with van der Waals surface area (Å²) in [5.74, 6) is 0.614. The van der Waals surface area contributed by atoms with Gasteiger partial charge >= 0.3 is 0 Å². The summed E-state index contributed by atoms with van der Waals surface area (Å²) in [5, 5.41) is 25.3. The number of hydrogen-bond acceptors (Lipinski definition) is 7. The second-order valence-electron chi connectivity index (χ2n) is 4.41. The summed E-state index contributed by atoms with van der Waals surface area (Å²) < 4.78 is 1.51. The second-order valence-corrected chi connectivity index (χ2v) is 4.41. The van der Waals surface area contributed by atoms with Crippen molar-refractivity contribution in [1.82, 2.24) is 25.0 Å². The van der Waals surface area contributed by atoms with Crippen molar-refractivity contribution in [3.8, 4) is 0 Å². The first kappa shape index (κ1) is 12.9. The van der Waals surface area contributed by atoms with Gasteiger partial charge in [-0.25, -0.2) is 0 Å². The predicted octanol–water partition coefficient (Wildman–Crippen LogP) is 1.35. The van der Waals surface area contributed by atoms with E-state index < -0.39 is 0 Å². The van der Waals surface area contributed by atoms with Crippen LogP contribution in [0.15, 0.2) is 30.6 Å². The number of rotatable bonds is 4. The van der Waals surface area contributed by atoms with Crippen molar-refractivity contribution >= 4 is 17.2 Å². The molecule has 2 heterocycles. The van der Waals surface area contributed by atoms with E-state index in [4.69, 9.17) is 0 Å². The fourth-order valence-electron chi connectivity index (χ4n) is 2.04. The lowest BCUT2D eigenvalue weighted by atomic mass is 10.1. The van der Waals surface area contributed by atoms with Crippen LogP contribution in [0.3, 0.4) is 0 Å². The fourth-order valence-corrected chi connectivity index (χ4v) is 2.04. The number of aromatic nitrogens is 5. The molecule has 9 heteroatoms. The third kappa shape index (κ3) is 2.36. The predicted molar refractivity (Wildman–Crippen MR) is 73.7 cm³/mol. The van der Waals surface area contributed by atoms with Crippen LogP contribution < -0.4 is 5.32 Å². The van der Waals surface area contributed by atoms with Gasteiger partial charge in [0.15, 0.2) is 11.5 Å². The van der Waals surface area contributed by atoms with Crippen molar-refractivity contribution in [2.24, 2.45) is 0 Å². The Morgan fingerprint density at radius 3 is 3.05 bits per heavy atom. The molecule has 0 spiro atoms. The van der Waals surface area contributed by atoms with Crippen molar-refractivity contribution in [3.63, 3.8) is 0 Å². The molecule has 0 fully saturated rings. The Kier molecular flexibility index (Phi) is 3.14. The zero-order valence-electron chi connectivity index (χ0n) is 11.1. The molecule has 0 unspecified atom stereocenters. The molecule has 0 saturated heterocycles. The van der Waals surface area contributed by atoms with Gasteiger partial charge in [-0.15, -0.1) is 5.10 Å². The van der Waals surface area contributed by atoms with Crippen LogP contribution in [0.5, 0.6) is 0 Å². The summed E-state index contributed by atoms with van der Waals surface area (Å²) in [5.41, 5.74) is 2.09. The van der Waals surface area contributed by atoms with Crippen LogP contribution >= 0.6 is 0 Å². The minimum Gasteiger partial charge on any atom is -0.365 e. The molecule has 1 N–H and O–H groups in total. The van der Waals surface area contributed by atoms with E-state index in [2.05, 4.69) is 25.8 Å². The number of benzene rings is 1. The molecule has 9 nitrogen and oxygen atoms in total. The van der Waals surface area contributed by atoms with Crippen LogP contribution in [0.25, 0.3) is 5.65 Å². The molecule has 2 aromatic heterocycles. The largest absolute Gasteiger partial charge is 0.365 e. The van der Waals surface area contributed by atoms with Crippen molar-refractivity contribution < 1.29 is 4.92 Å². The highest BCUT2D eigenvalue weighted by atomic mass is 16.6. The number of nitrogens with one attached hydrogen (secondary N) is 1. The van der Waals surface area contributed by atoms with Gasteiger partial charge in [-0.3, -0.25) is 15.1 Å². The number of nitrogens with zero attached hydrogens (tertiary/aromatic N) is 6. The molecule has 0 atom stereocenters. The lowest BCUT2D eigenvalue weighted by Gasteiger charge is -2.09. The highest BCUT2D eigenvalue weighted by Crippen LogP contribution is 2.21. The Bertz CT molecular complexity index is 814. The smallest absolute Gasteiger partial charge is 0.272 e. The lowest BCUT2D eigenvalue weighted by molar-refractivity contribution is -0.385. The normalized spacial score (nSPS) is 10.7. The molecule has 0 amide bonds. The zero-order chi connectivity index (χ0) is 14.8. The summed E-state index contributed by atoms with van der Waals surface area (Å²) in [7, 11) is 0. The average molecular weight is 285 g/mol. The summed E-state index contributed by atoms with van der Waals surface area (Å²) in [6.07, 6.45) is 3.14. The Hall–Kier alpha value is -3.10. The van der Waals surface area contributed by atoms with E-state index >= 15 is 0 Å². The van der Waals surface area contributed by atoms with E-state index in [1.54, 1.807) is 25.4 Å². The Morgan fingerprint density at radius 1 is 1.38 bits per heavy atom. The molecular formula is C12H11N7O2. The van der Waals surface area contributed by atoms with Crippen LogP contribution in [-0.2, 0) is 6.54 Å². The maximum atomic E-state index is 10.9. The third-order valence-electron chi connectivity index (χ3n) is 3.18. The van der Waals surface area contributed by atoms with Crippen LogP contribution in [0, 0.1) is 17.0 Å². The molecule has 0 radical (unpaired) electrons.